The summed E-state index contributed by atoms with van der Waals surface area (Å²) in [6.45, 7) is 2.68. The molecule has 1 N–H and O–H groups in total. The van der Waals surface area contributed by atoms with Gasteiger partial charge in [-0.25, -0.2) is 18.0 Å². The van der Waals surface area contributed by atoms with Crippen molar-refractivity contribution >= 4 is 33.6 Å². The van der Waals surface area contributed by atoms with Gasteiger partial charge in [0.15, 0.2) is 6.10 Å². The molecule has 2 aromatic rings. The van der Waals surface area contributed by atoms with Crippen LogP contribution in [0.1, 0.15) is 27.6 Å². The van der Waals surface area contributed by atoms with Gasteiger partial charge in [-0.05, 0) is 55.5 Å². The molecule has 0 radical (unpaired) electrons. The molecule has 10 nitrogen and oxygen atoms in total. The third-order valence-corrected chi connectivity index (χ3v) is 6.84. The Hall–Kier alpha value is -3.28. The first-order valence-corrected chi connectivity index (χ1v) is 11.5. The normalized spacial score (nSPS) is 15.3. The van der Waals surface area contributed by atoms with Crippen LogP contribution in [0.5, 0.6) is 0 Å². The Kier molecular flexibility index (Phi) is 7.79. The van der Waals surface area contributed by atoms with Crippen LogP contribution in [-0.4, -0.2) is 70.1 Å². The summed E-state index contributed by atoms with van der Waals surface area (Å²) in [4.78, 5) is 36.2. The number of benzene rings is 2. The maximum atomic E-state index is 12.7. The van der Waals surface area contributed by atoms with Crippen molar-refractivity contribution in [1.29, 1.82) is 0 Å². The van der Waals surface area contributed by atoms with Crippen LogP contribution in [0.2, 0.25) is 0 Å². The third-order valence-electron chi connectivity index (χ3n) is 4.92. The molecular weight excluding hydrogens is 452 g/mol. The van der Waals surface area contributed by atoms with Crippen LogP contribution in [0.25, 0.3) is 0 Å². The number of carbonyl (C=O) groups excluding carboxylic acids is 3. The molecule has 1 heterocycles. The highest BCUT2D eigenvalue weighted by Gasteiger charge is 2.26. The molecule has 0 bridgehead atoms. The fraction of sp³-hybridized carbons (Fsp3) is 0.318. The minimum absolute atomic E-state index is 0.109. The Labute approximate surface area is 191 Å². The molecule has 33 heavy (non-hydrogen) atoms. The van der Waals surface area contributed by atoms with Crippen LogP contribution < -0.4 is 5.32 Å². The Morgan fingerprint density at radius 2 is 1.48 bits per heavy atom. The van der Waals surface area contributed by atoms with E-state index in [9.17, 15) is 22.8 Å². The van der Waals surface area contributed by atoms with Crippen molar-refractivity contribution in [1.82, 2.24) is 4.31 Å². The van der Waals surface area contributed by atoms with Gasteiger partial charge in [0, 0.05) is 18.8 Å². The predicted octanol–water partition coefficient (Wildman–Crippen LogP) is 1.68. The van der Waals surface area contributed by atoms with Crippen molar-refractivity contribution in [3.05, 3.63) is 59.7 Å². The highest BCUT2D eigenvalue weighted by Crippen LogP contribution is 2.20. The van der Waals surface area contributed by atoms with Gasteiger partial charge >= 0.3 is 11.9 Å². The van der Waals surface area contributed by atoms with Crippen LogP contribution in [0.15, 0.2) is 53.4 Å². The fourth-order valence-corrected chi connectivity index (χ4v) is 4.44. The van der Waals surface area contributed by atoms with Crippen molar-refractivity contribution in [2.45, 2.75) is 17.9 Å². The maximum Gasteiger partial charge on any atom is 0.338 e. The van der Waals surface area contributed by atoms with Gasteiger partial charge in [0.2, 0.25) is 10.0 Å². The lowest BCUT2D eigenvalue weighted by Crippen LogP contribution is -2.40. The number of anilines is 1. The Balaban J connectivity index is 1.58. The van der Waals surface area contributed by atoms with E-state index < -0.39 is 34.0 Å². The van der Waals surface area contributed by atoms with Crippen molar-refractivity contribution in [3.8, 4) is 0 Å². The Morgan fingerprint density at radius 3 is 2.03 bits per heavy atom. The molecule has 1 aliphatic rings. The highest BCUT2D eigenvalue weighted by molar-refractivity contribution is 7.89. The van der Waals surface area contributed by atoms with Gasteiger partial charge < -0.3 is 19.5 Å². The van der Waals surface area contributed by atoms with Gasteiger partial charge in [0.25, 0.3) is 5.91 Å². The third kappa shape index (κ3) is 5.95. The number of carbonyl (C=O) groups is 3. The number of esters is 2. The molecule has 176 valence electrons. The van der Waals surface area contributed by atoms with E-state index in [1.54, 1.807) is 0 Å². The molecule has 11 heteroatoms. The molecular formula is C22H24N2O8S. The lowest BCUT2D eigenvalue weighted by molar-refractivity contribution is -0.123. The molecule has 1 saturated heterocycles. The van der Waals surface area contributed by atoms with Gasteiger partial charge in [0.05, 0.1) is 36.3 Å². The van der Waals surface area contributed by atoms with Crippen LogP contribution in [0, 0.1) is 0 Å². The van der Waals surface area contributed by atoms with Crippen molar-refractivity contribution in [2.24, 2.45) is 0 Å². The smallest absolute Gasteiger partial charge is 0.338 e. The first-order valence-electron chi connectivity index (χ1n) is 10.1. The number of morpholine rings is 1. The van der Waals surface area contributed by atoms with Gasteiger partial charge in [-0.1, -0.05) is 0 Å². The topological polar surface area (TPSA) is 128 Å². The van der Waals surface area contributed by atoms with Crippen LogP contribution >= 0.6 is 0 Å². The van der Waals surface area contributed by atoms with E-state index in [4.69, 9.17) is 9.47 Å². The molecule has 0 aliphatic carbocycles. The van der Waals surface area contributed by atoms with Crippen molar-refractivity contribution in [3.63, 3.8) is 0 Å². The summed E-state index contributed by atoms with van der Waals surface area (Å²) in [6.07, 6.45) is -1.12. The van der Waals surface area contributed by atoms with E-state index in [2.05, 4.69) is 10.1 Å². The van der Waals surface area contributed by atoms with E-state index in [0.717, 1.165) is 0 Å². The molecule has 0 spiro atoms. The Morgan fingerprint density at radius 1 is 0.939 bits per heavy atom. The van der Waals surface area contributed by atoms with E-state index in [0.29, 0.717) is 18.9 Å². The van der Waals surface area contributed by atoms with Gasteiger partial charge in [0.1, 0.15) is 0 Å². The number of amides is 1. The minimum atomic E-state index is -3.64. The van der Waals surface area contributed by atoms with E-state index in [1.165, 1.54) is 66.9 Å². The first kappa shape index (κ1) is 24.4. The monoisotopic (exact) mass is 476 g/mol. The predicted molar refractivity (Wildman–Crippen MR) is 117 cm³/mol. The van der Waals surface area contributed by atoms with E-state index >= 15 is 0 Å². The second-order valence-electron chi connectivity index (χ2n) is 7.15. The number of rotatable bonds is 7. The fourth-order valence-electron chi connectivity index (χ4n) is 3.03. The number of ether oxygens (including phenoxy) is 3. The van der Waals surface area contributed by atoms with Crippen molar-refractivity contribution in [2.75, 3.05) is 38.7 Å². The number of sulfonamides is 1. The Bertz CT molecular complexity index is 1110. The second-order valence-corrected chi connectivity index (χ2v) is 9.08. The summed E-state index contributed by atoms with van der Waals surface area (Å²) >= 11 is 0. The van der Waals surface area contributed by atoms with Crippen molar-refractivity contribution < 1.29 is 37.0 Å². The highest BCUT2D eigenvalue weighted by atomic mass is 32.2. The molecule has 0 saturated carbocycles. The standard InChI is InChI=1S/C22H24N2O8S/c1-15(32-22(27)17-5-3-16(4-6-17)21(26)30-2)20(25)23-18-7-9-19(10-8-18)33(28,29)24-11-13-31-14-12-24/h3-10,15H,11-14H2,1-2H3,(H,23,25). The number of nitrogens with one attached hydrogen (secondary N) is 1. The summed E-state index contributed by atoms with van der Waals surface area (Å²) in [6, 6.07) is 11.4. The summed E-state index contributed by atoms with van der Waals surface area (Å²) < 4.78 is 41.6. The number of hydrogen-bond donors (Lipinski definition) is 1. The number of nitrogens with zero attached hydrogens (tertiary/aromatic N) is 1. The van der Waals surface area contributed by atoms with E-state index in [1.807, 2.05) is 0 Å². The summed E-state index contributed by atoms with van der Waals surface area (Å²) in [7, 11) is -2.39. The zero-order valence-electron chi connectivity index (χ0n) is 18.1. The molecule has 1 aliphatic heterocycles. The van der Waals surface area contributed by atoms with Gasteiger partial charge in [-0.15, -0.1) is 0 Å². The number of methoxy groups -OCH3 is 1. The number of hydrogen-bond acceptors (Lipinski definition) is 8. The quantitative estimate of drug-likeness (QED) is 0.598. The molecule has 3 rings (SSSR count). The largest absolute Gasteiger partial charge is 0.465 e. The second kappa shape index (κ2) is 10.6. The van der Waals surface area contributed by atoms with Gasteiger partial charge in [-0.3, -0.25) is 4.79 Å². The lowest BCUT2D eigenvalue weighted by Gasteiger charge is -2.26. The lowest BCUT2D eigenvalue weighted by atomic mass is 10.1. The zero-order valence-corrected chi connectivity index (χ0v) is 19.0. The first-order chi connectivity index (χ1) is 15.7. The summed E-state index contributed by atoms with van der Waals surface area (Å²) in [5.41, 5.74) is 0.796. The SMILES string of the molecule is COC(=O)c1ccc(C(=O)OC(C)C(=O)Nc2ccc(S(=O)(=O)N3CCOCC3)cc2)cc1. The average Bonchev–Trinajstić information content (AvgIpc) is 2.84. The maximum absolute atomic E-state index is 12.7. The van der Waals surface area contributed by atoms with Crippen LogP contribution in [-0.2, 0) is 29.0 Å². The zero-order chi connectivity index (χ0) is 24.0. The average molecular weight is 477 g/mol. The summed E-state index contributed by atoms with van der Waals surface area (Å²) in [5.74, 6) is -1.86. The molecule has 0 aromatic heterocycles. The molecule has 1 amide bonds. The van der Waals surface area contributed by atoms with Crippen LogP contribution in [0.3, 0.4) is 0 Å². The minimum Gasteiger partial charge on any atom is -0.465 e. The molecule has 1 fully saturated rings. The molecule has 2 aromatic carbocycles. The molecule has 1 atom stereocenters. The summed E-state index contributed by atoms with van der Waals surface area (Å²) in [5, 5.41) is 2.58. The van der Waals surface area contributed by atoms with Crippen LogP contribution in [0.4, 0.5) is 5.69 Å². The molecule has 1 unspecified atom stereocenters. The van der Waals surface area contributed by atoms with Gasteiger partial charge in [-0.2, -0.15) is 4.31 Å². The van der Waals surface area contributed by atoms with E-state index in [-0.39, 0.29) is 29.1 Å².